The number of nitrogens with zero attached hydrogens (tertiary/aromatic N) is 4. The molecule has 6 nitrogen and oxygen atoms in total. The van der Waals surface area contributed by atoms with E-state index in [9.17, 15) is 4.79 Å². The average molecular weight is 431 g/mol. The summed E-state index contributed by atoms with van der Waals surface area (Å²) in [6.07, 6.45) is 3.33. The van der Waals surface area contributed by atoms with E-state index in [0.717, 1.165) is 31.8 Å². The summed E-state index contributed by atoms with van der Waals surface area (Å²) in [5.41, 5.74) is 2.28. The van der Waals surface area contributed by atoms with Gasteiger partial charge in [0.15, 0.2) is 0 Å². The Morgan fingerprint density at radius 3 is 2.58 bits per heavy atom. The van der Waals surface area contributed by atoms with Gasteiger partial charge in [-0.25, -0.2) is 9.97 Å². The molecule has 0 unspecified atom stereocenters. The Balaban J connectivity index is 2.00. The van der Waals surface area contributed by atoms with Gasteiger partial charge in [-0.1, -0.05) is 0 Å². The first-order chi connectivity index (χ1) is 12.5. The quantitative estimate of drug-likeness (QED) is 0.494. The molecule has 0 saturated carbocycles. The number of thiophene rings is 1. The van der Waals surface area contributed by atoms with Crippen LogP contribution in [0.15, 0.2) is 46.1 Å². The third-order valence-corrected chi connectivity index (χ3v) is 5.79. The summed E-state index contributed by atoms with van der Waals surface area (Å²) in [6, 6.07) is 7.31. The van der Waals surface area contributed by atoms with Crippen LogP contribution in [0.4, 0.5) is 5.69 Å². The number of pyridine rings is 1. The van der Waals surface area contributed by atoms with E-state index in [1.165, 1.54) is 11.3 Å². The van der Waals surface area contributed by atoms with Crippen LogP contribution in [0.5, 0.6) is 5.75 Å². The van der Waals surface area contributed by atoms with Crippen LogP contribution in [0.1, 0.15) is 0 Å². The predicted molar refractivity (Wildman–Crippen MR) is 109 cm³/mol. The second-order valence-electron chi connectivity index (χ2n) is 5.93. The van der Waals surface area contributed by atoms with Crippen molar-refractivity contribution >= 4 is 53.4 Å². The fourth-order valence-electron chi connectivity index (χ4n) is 2.92. The van der Waals surface area contributed by atoms with E-state index in [1.807, 2.05) is 43.3 Å². The third kappa shape index (κ3) is 2.57. The van der Waals surface area contributed by atoms with Gasteiger partial charge >= 0.3 is 0 Å². The van der Waals surface area contributed by atoms with E-state index in [0.29, 0.717) is 10.2 Å². The fraction of sp³-hybridized carbons (Fsp3) is 0.167. The molecule has 0 N–H and O–H groups in total. The van der Waals surface area contributed by atoms with Crippen molar-refractivity contribution < 1.29 is 4.74 Å². The molecule has 1 aromatic carbocycles. The molecule has 4 rings (SSSR count). The Labute approximate surface area is 161 Å². The molecule has 0 fully saturated rings. The molecule has 26 heavy (non-hydrogen) atoms. The molecule has 4 aromatic rings. The SMILES string of the molecule is COc1ccc(-n2cnc3c(sc4ncc(Br)c(N(C)C)c43)c2=O)cc1. The minimum absolute atomic E-state index is 0.107. The van der Waals surface area contributed by atoms with E-state index < -0.39 is 0 Å². The van der Waals surface area contributed by atoms with Crippen LogP contribution in [0, 0.1) is 0 Å². The first-order valence-corrected chi connectivity index (χ1v) is 9.42. The van der Waals surface area contributed by atoms with Crippen molar-refractivity contribution in [3.63, 3.8) is 0 Å². The summed E-state index contributed by atoms with van der Waals surface area (Å²) >= 11 is 4.92. The minimum atomic E-state index is -0.107. The lowest BCUT2D eigenvalue weighted by molar-refractivity contribution is 0.414. The molecule has 0 spiro atoms. The van der Waals surface area contributed by atoms with E-state index in [2.05, 4.69) is 25.9 Å². The number of fused-ring (bicyclic) bond motifs is 3. The van der Waals surface area contributed by atoms with Crippen LogP contribution < -0.4 is 15.2 Å². The lowest BCUT2D eigenvalue weighted by Crippen LogP contribution is -2.17. The van der Waals surface area contributed by atoms with Crippen LogP contribution in [0.3, 0.4) is 0 Å². The molecule has 132 valence electrons. The van der Waals surface area contributed by atoms with Crippen LogP contribution in [-0.4, -0.2) is 35.7 Å². The monoisotopic (exact) mass is 430 g/mol. The van der Waals surface area contributed by atoms with Gasteiger partial charge in [-0.3, -0.25) is 9.36 Å². The van der Waals surface area contributed by atoms with Gasteiger partial charge in [-0.05, 0) is 40.2 Å². The zero-order valence-corrected chi connectivity index (χ0v) is 16.8. The van der Waals surface area contributed by atoms with Gasteiger partial charge in [-0.2, -0.15) is 0 Å². The largest absolute Gasteiger partial charge is 0.497 e. The van der Waals surface area contributed by atoms with Crippen molar-refractivity contribution in [1.29, 1.82) is 0 Å². The van der Waals surface area contributed by atoms with Gasteiger partial charge in [0.25, 0.3) is 5.56 Å². The summed E-state index contributed by atoms with van der Waals surface area (Å²) < 4.78 is 8.18. The highest BCUT2D eigenvalue weighted by Crippen LogP contribution is 2.39. The molecule has 0 atom stereocenters. The summed E-state index contributed by atoms with van der Waals surface area (Å²) in [5.74, 6) is 0.738. The summed E-state index contributed by atoms with van der Waals surface area (Å²) in [6.45, 7) is 0. The van der Waals surface area contributed by atoms with Crippen LogP contribution in [0.2, 0.25) is 0 Å². The standard InChI is InChI=1S/C18H15BrN4O2S/c1-22(2)15-12(19)8-20-17-13(15)14-16(26-17)18(24)23(9-21-14)10-4-6-11(25-3)7-5-10/h4-9H,1-3H3. The van der Waals surface area contributed by atoms with Crippen molar-refractivity contribution in [3.05, 3.63) is 51.6 Å². The van der Waals surface area contributed by atoms with E-state index >= 15 is 0 Å². The van der Waals surface area contributed by atoms with Gasteiger partial charge in [0, 0.05) is 20.3 Å². The van der Waals surface area contributed by atoms with Gasteiger partial charge in [-0.15, -0.1) is 11.3 Å². The summed E-state index contributed by atoms with van der Waals surface area (Å²) in [7, 11) is 5.53. The number of aromatic nitrogens is 3. The molecular weight excluding hydrogens is 416 g/mol. The predicted octanol–water partition coefficient (Wildman–Crippen LogP) is 3.83. The molecule has 0 aliphatic carbocycles. The van der Waals surface area contributed by atoms with E-state index in [4.69, 9.17) is 4.74 Å². The smallest absolute Gasteiger partial charge is 0.275 e. The van der Waals surface area contributed by atoms with Crippen molar-refractivity contribution in [2.45, 2.75) is 0 Å². The lowest BCUT2D eigenvalue weighted by atomic mass is 10.2. The maximum absolute atomic E-state index is 13.1. The molecule has 0 radical (unpaired) electrons. The molecule has 3 heterocycles. The molecule has 0 aliphatic rings. The van der Waals surface area contributed by atoms with Crippen LogP contribution >= 0.6 is 27.3 Å². The highest BCUT2D eigenvalue weighted by molar-refractivity contribution is 9.10. The molecule has 0 bridgehead atoms. The average Bonchev–Trinajstić information content (AvgIpc) is 3.01. The van der Waals surface area contributed by atoms with E-state index in [1.54, 1.807) is 24.2 Å². The topological polar surface area (TPSA) is 60.2 Å². The minimum Gasteiger partial charge on any atom is -0.497 e. The molecule has 0 saturated heterocycles. The number of rotatable bonds is 3. The Kier molecular flexibility index (Phi) is 4.16. The molecule has 3 aromatic heterocycles. The lowest BCUT2D eigenvalue weighted by Gasteiger charge is -2.15. The maximum Gasteiger partial charge on any atom is 0.275 e. The van der Waals surface area contributed by atoms with Crippen molar-refractivity contribution in [2.24, 2.45) is 0 Å². The second-order valence-corrected chi connectivity index (χ2v) is 7.78. The zero-order valence-electron chi connectivity index (χ0n) is 14.4. The normalized spacial score (nSPS) is 11.2. The highest BCUT2D eigenvalue weighted by atomic mass is 79.9. The van der Waals surface area contributed by atoms with E-state index in [-0.39, 0.29) is 5.56 Å². The number of hydrogen-bond acceptors (Lipinski definition) is 6. The maximum atomic E-state index is 13.1. The molecular formula is C18H15BrN4O2S. The number of benzene rings is 1. The fourth-order valence-corrected chi connectivity index (χ4v) is 4.61. The second kappa shape index (κ2) is 6.37. The number of halogens is 1. The summed E-state index contributed by atoms with van der Waals surface area (Å²) in [4.78, 5) is 24.9. The highest BCUT2D eigenvalue weighted by Gasteiger charge is 2.19. The van der Waals surface area contributed by atoms with Crippen molar-refractivity contribution in [2.75, 3.05) is 26.1 Å². The zero-order chi connectivity index (χ0) is 18.4. The first-order valence-electron chi connectivity index (χ1n) is 7.81. The Morgan fingerprint density at radius 1 is 1.19 bits per heavy atom. The third-order valence-electron chi connectivity index (χ3n) is 4.14. The van der Waals surface area contributed by atoms with Crippen LogP contribution in [0.25, 0.3) is 26.1 Å². The number of hydrogen-bond donors (Lipinski definition) is 0. The van der Waals surface area contributed by atoms with Crippen molar-refractivity contribution in [3.8, 4) is 11.4 Å². The Bertz CT molecular complexity index is 1180. The molecule has 0 amide bonds. The van der Waals surface area contributed by atoms with Gasteiger partial charge < -0.3 is 9.64 Å². The Hall–Kier alpha value is -2.45. The number of methoxy groups -OCH3 is 1. The van der Waals surface area contributed by atoms with Gasteiger partial charge in [0.2, 0.25) is 0 Å². The molecule has 0 aliphatic heterocycles. The Morgan fingerprint density at radius 2 is 1.92 bits per heavy atom. The number of ether oxygens (including phenoxy) is 1. The van der Waals surface area contributed by atoms with Gasteiger partial charge in [0.1, 0.15) is 27.1 Å². The first kappa shape index (κ1) is 17.0. The molecule has 8 heteroatoms. The van der Waals surface area contributed by atoms with Crippen molar-refractivity contribution in [1.82, 2.24) is 14.5 Å². The summed E-state index contributed by atoms with van der Waals surface area (Å²) in [5, 5.41) is 0.892. The van der Waals surface area contributed by atoms with Crippen LogP contribution in [-0.2, 0) is 0 Å². The van der Waals surface area contributed by atoms with Gasteiger partial charge in [0.05, 0.1) is 28.3 Å². The number of anilines is 1.